The van der Waals surface area contributed by atoms with Gasteiger partial charge in [0, 0.05) is 80.9 Å². The van der Waals surface area contributed by atoms with Crippen LogP contribution in [-0.2, 0) is 53.2 Å². The molecule has 0 saturated carbocycles. The second-order valence-corrected chi connectivity index (χ2v) is 17.9. The molecule has 388 valence electrons. The number of pyridine rings is 4. The maximum absolute atomic E-state index is 11.3. The van der Waals surface area contributed by atoms with Crippen molar-refractivity contribution in [3.63, 3.8) is 0 Å². The maximum atomic E-state index is 11.3. The van der Waals surface area contributed by atoms with Gasteiger partial charge < -0.3 is 46.0 Å². The molecule has 8 N–H and O–H groups in total. The summed E-state index contributed by atoms with van der Waals surface area (Å²) in [6.45, 7) is 3.58. The Balaban J connectivity index is -0.000000817. The van der Waals surface area contributed by atoms with E-state index in [4.69, 9.17) is 10.2 Å². The first kappa shape index (κ1) is 70.3. The summed E-state index contributed by atoms with van der Waals surface area (Å²) in [7, 11) is -8.50. The van der Waals surface area contributed by atoms with Crippen molar-refractivity contribution in [3.05, 3.63) is 154 Å². The third-order valence-corrected chi connectivity index (χ3v) is 10.4. The van der Waals surface area contributed by atoms with Gasteiger partial charge in [0.05, 0.1) is 66.9 Å². The minimum Gasteiger partial charge on any atom is -0.872 e. The van der Waals surface area contributed by atoms with Crippen LogP contribution in [0.1, 0.15) is 25.0 Å². The van der Waals surface area contributed by atoms with Crippen LogP contribution in [-0.4, -0.2) is 123 Å². The van der Waals surface area contributed by atoms with Crippen LogP contribution in [0.2, 0.25) is 0 Å². The number of rotatable bonds is 8. The molecule has 0 aliphatic heterocycles. The molecule has 0 atom stereocenters. The van der Waals surface area contributed by atoms with E-state index in [0.29, 0.717) is 11.1 Å². The molecule has 0 radical (unpaired) electrons. The van der Waals surface area contributed by atoms with Crippen LogP contribution in [0.3, 0.4) is 0 Å². The fraction of sp³-hybridized carbons (Fsp3) is 0.174. The topological polar surface area (TPSA) is 372 Å². The third kappa shape index (κ3) is 26.3. The molecular weight excluding hydrogens is 1190 g/mol. The number of nitrogens with zero attached hydrogens (tertiary/aromatic N) is 6. The van der Waals surface area contributed by atoms with Gasteiger partial charge in [-0.15, -0.1) is 0 Å². The molecule has 71 heavy (non-hydrogen) atoms. The van der Waals surface area contributed by atoms with E-state index in [-0.39, 0.29) is 87.2 Å². The monoisotopic (exact) mass is 1230 g/mol. The molecule has 19 nitrogen and oxygen atoms in total. The van der Waals surface area contributed by atoms with Gasteiger partial charge in [-0.2, -0.15) is 0 Å². The zero-order valence-electron chi connectivity index (χ0n) is 37.6. The molecule has 25 heteroatoms. The minimum absolute atomic E-state index is 0. The maximum Gasteiger partial charge on any atom is 2.00 e. The van der Waals surface area contributed by atoms with E-state index in [1.54, 1.807) is 62.9 Å². The Morgan fingerprint density at radius 3 is 1.00 bits per heavy atom. The minimum atomic E-state index is -4.25. The van der Waals surface area contributed by atoms with E-state index in [1.807, 2.05) is 24.3 Å². The average Bonchev–Trinajstić information content (AvgIpc) is 3.29. The summed E-state index contributed by atoms with van der Waals surface area (Å²) in [4.78, 5) is 24.8. The van der Waals surface area contributed by atoms with E-state index >= 15 is 0 Å². The number of fused-ring (bicyclic) bond motifs is 6. The molecule has 0 unspecified atom stereocenters. The second kappa shape index (κ2) is 36.9. The number of benzene rings is 4. The second-order valence-electron chi connectivity index (χ2n) is 13.0. The summed E-state index contributed by atoms with van der Waals surface area (Å²) in [6, 6.07) is 33.4. The van der Waals surface area contributed by atoms with Gasteiger partial charge in [-0.3, -0.25) is 29.9 Å². The van der Waals surface area contributed by atoms with Gasteiger partial charge in [-0.1, -0.05) is 104 Å². The summed E-state index contributed by atoms with van der Waals surface area (Å²) in [5.74, 6) is -1.55. The SMILES string of the molecule is CCO.CCO.O.O.O.O=S(=O)([O-])CCN=Cc1cc(Br)ccc1[O-].O=S(=O)([O-])CCN=Cc1cc(Br)ccc1[O-].[Ni+2].[Ni+2].c1cnc2c(c1)ccc1cccnc12.c1cnc2c(c1)ccc1cccnc12. The summed E-state index contributed by atoms with van der Waals surface area (Å²) in [5.41, 5.74) is 4.60. The summed E-state index contributed by atoms with van der Waals surface area (Å²) in [5, 5.41) is 42.2. The van der Waals surface area contributed by atoms with Crippen LogP contribution in [0.4, 0.5) is 0 Å². The predicted molar refractivity (Wildman–Crippen MR) is 272 cm³/mol. The number of aliphatic hydroxyl groups excluding tert-OH is 2. The number of aliphatic hydroxyl groups is 2. The number of halogens is 2. The van der Waals surface area contributed by atoms with Crippen molar-refractivity contribution in [1.29, 1.82) is 0 Å². The molecule has 0 aliphatic carbocycles. The van der Waals surface area contributed by atoms with E-state index in [0.717, 1.165) is 52.6 Å². The van der Waals surface area contributed by atoms with Crippen molar-refractivity contribution in [2.75, 3.05) is 37.8 Å². The number of aromatic nitrogens is 4. The van der Waals surface area contributed by atoms with Crippen molar-refractivity contribution in [3.8, 4) is 11.5 Å². The Bertz CT molecular complexity index is 2780. The van der Waals surface area contributed by atoms with E-state index in [1.165, 1.54) is 24.6 Å². The first-order valence-corrected chi connectivity index (χ1v) is 24.4. The molecular formula is C46H50Br2N6Ni2O13S2. The fourth-order valence-corrected chi connectivity index (χ4v) is 6.67. The van der Waals surface area contributed by atoms with E-state index in [2.05, 4.69) is 110 Å². The molecule has 0 fully saturated rings. The standard InChI is InChI=1S/2C12H8N2.2C9H10BrNO4S.2C2H6O.2Ni.3H2O/c2*1-3-9-5-6-10-4-2-8-14-12(10)11(9)13-7-1;2*10-8-1-2-9(12)7(5-8)6-11-3-4-16(13,14)15;2*1-2-3;;;;;/h2*1-8H;2*1-2,5-6,12H,3-4H2,(H,13,14,15);2*3H,2H2,1H3;;;3*1H2/q;;;;;;2*+2;;;/p-4. The zero-order valence-corrected chi connectivity index (χ0v) is 44.4. The van der Waals surface area contributed by atoms with Crippen LogP contribution < -0.4 is 10.2 Å². The van der Waals surface area contributed by atoms with Crippen molar-refractivity contribution >= 4 is 108 Å². The van der Waals surface area contributed by atoms with Crippen LogP contribution in [0.15, 0.2) is 153 Å². The van der Waals surface area contributed by atoms with Crippen molar-refractivity contribution < 1.29 is 95.8 Å². The predicted octanol–water partition coefficient (Wildman–Crippen LogP) is 4.06. The zero-order chi connectivity index (χ0) is 48.5. The molecule has 0 saturated heterocycles. The summed E-state index contributed by atoms with van der Waals surface area (Å²) < 4.78 is 63.0. The molecule has 8 aromatic rings. The van der Waals surface area contributed by atoms with Crippen molar-refractivity contribution in [1.82, 2.24) is 19.9 Å². The average molecular weight is 1240 g/mol. The van der Waals surface area contributed by atoms with Gasteiger partial charge in [-0.25, -0.2) is 16.8 Å². The van der Waals surface area contributed by atoms with Gasteiger partial charge in [-0.05, 0) is 73.5 Å². The van der Waals surface area contributed by atoms with Crippen LogP contribution in [0, 0.1) is 0 Å². The first-order valence-electron chi connectivity index (χ1n) is 19.7. The smallest absolute Gasteiger partial charge is 0.872 e. The largest absolute Gasteiger partial charge is 2.00 e. The van der Waals surface area contributed by atoms with Crippen LogP contribution in [0.25, 0.3) is 43.6 Å². The first-order chi connectivity index (χ1) is 31.5. The molecule has 0 amide bonds. The van der Waals surface area contributed by atoms with E-state index < -0.39 is 31.7 Å². The van der Waals surface area contributed by atoms with Gasteiger partial charge in [0.2, 0.25) is 0 Å². The normalized spacial score (nSPS) is 10.3. The summed E-state index contributed by atoms with van der Waals surface area (Å²) in [6.07, 6.45) is 9.73. The molecule has 4 heterocycles. The molecule has 0 bridgehead atoms. The molecule has 4 aromatic heterocycles. The van der Waals surface area contributed by atoms with E-state index in [9.17, 15) is 36.2 Å². The number of hydrogen-bond donors (Lipinski definition) is 2. The quantitative estimate of drug-likeness (QED) is 0.0938. The van der Waals surface area contributed by atoms with Gasteiger partial charge >= 0.3 is 33.0 Å². The van der Waals surface area contributed by atoms with Crippen molar-refractivity contribution in [2.45, 2.75) is 13.8 Å². The molecule has 8 rings (SSSR count). The van der Waals surface area contributed by atoms with Crippen LogP contribution >= 0.6 is 31.9 Å². The Kier molecular flexibility index (Phi) is 36.5. The molecule has 0 aliphatic rings. The fourth-order valence-electron chi connectivity index (χ4n) is 5.25. The van der Waals surface area contributed by atoms with Gasteiger partial charge in [0.1, 0.15) is 0 Å². The van der Waals surface area contributed by atoms with Crippen molar-refractivity contribution in [2.24, 2.45) is 9.98 Å². The molecule has 4 aromatic carbocycles. The Labute approximate surface area is 447 Å². The Morgan fingerprint density at radius 1 is 0.507 bits per heavy atom. The Morgan fingerprint density at radius 2 is 0.761 bits per heavy atom. The number of hydrogen-bond acceptors (Lipinski definition) is 16. The Hall–Kier alpha value is -4.97. The molecule has 0 spiro atoms. The summed E-state index contributed by atoms with van der Waals surface area (Å²) >= 11 is 6.38. The van der Waals surface area contributed by atoms with Gasteiger partial charge in [0.25, 0.3) is 0 Å². The number of aliphatic imine (C=N–C) groups is 2. The third-order valence-electron chi connectivity index (χ3n) is 8.03. The van der Waals surface area contributed by atoms with Crippen LogP contribution in [0.5, 0.6) is 11.5 Å². The van der Waals surface area contributed by atoms with Gasteiger partial charge in [0.15, 0.2) is 0 Å².